The molecule has 1 N–H and O–H groups in total. The molecule has 1 saturated carbocycles. The van der Waals surface area contributed by atoms with Gasteiger partial charge in [-0.25, -0.2) is 12.7 Å². The second-order valence-corrected chi connectivity index (χ2v) is 14.3. The van der Waals surface area contributed by atoms with Crippen molar-refractivity contribution < 1.29 is 23.1 Å². The van der Waals surface area contributed by atoms with Gasteiger partial charge in [0.25, 0.3) is 0 Å². The van der Waals surface area contributed by atoms with E-state index < -0.39 is 39.4 Å². The first-order valence-corrected chi connectivity index (χ1v) is 15.6. The molecule has 0 aromatic heterocycles. The number of carbonyl (C=O) groups excluding carboxylic acids is 1. The number of likely N-dealkylation sites (N-methyl/N-ethyl adjacent to an activating group) is 1. The van der Waals surface area contributed by atoms with Crippen molar-refractivity contribution in [2.45, 2.75) is 69.7 Å². The van der Waals surface area contributed by atoms with Crippen molar-refractivity contribution in [1.29, 1.82) is 0 Å². The van der Waals surface area contributed by atoms with Crippen molar-refractivity contribution in [3.8, 4) is 0 Å². The number of amides is 1. The molecule has 1 aliphatic heterocycles. The van der Waals surface area contributed by atoms with Gasteiger partial charge in [-0.3, -0.25) is 9.59 Å². The summed E-state index contributed by atoms with van der Waals surface area (Å²) in [6.07, 6.45) is 2.06. The highest BCUT2D eigenvalue weighted by Crippen LogP contribution is 2.53. The molecular formula is C29H36Cl2N2O5S. The van der Waals surface area contributed by atoms with Crippen molar-refractivity contribution in [3.05, 3.63) is 69.7 Å². The van der Waals surface area contributed by atoms with Gasteiger partial charge in [0.15, 0.2) is 0 Å². The summed E-state index contributed by atoms with van der Waals surface area (Å²) in [5.41, 5.74) is 0.495. The average Bonchev–Trinajstić information content (AvgIpc) is 3.75. The highest BCUT2D eigenvalue weighted by Gasteiger charge is 2.55. The predicted molar refractivity (Wildman–Crippen MR) is 153 cm³/mol. The molecule has 2 aliphatic rings. The minimum absolute atomic E-state index is 0.116. The Balaban J connectivity index is 1.89. The van der Waals surface area contributed by atoms with E-state index in [1.165, 1.54) is 4.31 Å². The molecule has 4 rings (SSSR count). The third-order valence-electron chi connectivity index (χ3n) is 8.57. The number of hydrogen-bond donors (Lipinski definition) is 1. The Hall–Kier alpha value is -2.13. The van der Waals surface area contributed by atoms with E-state index in [0.717, 1.165) is 11.1 Å². The zero-order chi connectivity index (χ0) is 28.7. The molecule has 1 heterocycles. The van der Waals surface area contributed by atoms with Crippen LogP contribution in [0.2, 0.25) is 10.0 Å². The van der Waals surface area contributed by atoms with Crippen LogP contribution in [0.15, 0.2) is 48.5 Å². The van der Waals surface area contributed by atoms with E-state index in [1.807, 2.05) is 37.3 Å². The van der Waals surface area contributed by atoms with E-state index in [4.69, 9.17) is 23.2 Å². The highest BCUT2D eigenvalue weighted by atomic mass is 35.5. The van der Waals surface area contributed by atoms with Crippen molar-refractivity contribution in [2.75, 3.05) is 13.6 Å². The largest absolute Gasteiger partial charge is 0.481 e. The lowest BCUT2D eigenvalue weighted by molar-refractivity contribution is -0.167. The van der Waals surface area contributed by atoms with Gasteiger partial charge in [0.05, 0.1) is 22.6 Å². The Morgan fingerprint density at radius 2 is 1.77 bits per heavy atom. The number of carboxylic acids is 1. The molecule has 1 aliphatic carbocycles. The van der Waals surface area contributed by atoms with Gasteiger partial charge in [-0.1, -0.05) is 61.3 Å². The minimum Gasteiger partial charge on any atom is -0.481 e. The van der Waals surface area contributed by atoms with Crippen molar-refractivity contribution in [3.63, 3.8) is 0 Å². The van der Waals surface area contributed by atoms with Gasteiger partial charge in [0.2, 0.25) is 15.9 Å². The Morgan fingerprint density at radius 1 is 1.13 bits per heavy atom. The standard InChI is InChI=1S/C29H36Cl2N2O5S/c1-5-23(17-32(4)39(37,38)24-13-14-24)33-26(19-9-11-21(30)12-10-19)25(20-7-6-8-22(31)15-20)16-29(3,28(33)36)18(2)27(34)35/h6-12,15,18,23-26H,5,13-14,16-17H2,1-4H3,(H,34,35)/t18?,23-,25+,26?,29+/m0/s1. The fraction of sp³-hybridized carbons (Fsp3) is 0.517. The molecule has 2 unspecified atom stereocenters. The molecular weight excluding hydrogens is 559 g/mol. The monoisotopic (exact) mass is 594 g/mol. The first kappa shape index (κ1) is 29.8. The van der Waals surface area contributed by atoms with Gasteiger partial charge in [-0.05, 0) is 68.0 Å². The van der Waals surface area contributed by atoms with E-state index in [0.29, 0.717) is 29.3 Å². The van der Waals surface area contributed by atoms with Gasteiger partial charge >= 0.3 is 5.97 Å². The predicted octanol–water partition coefficient (Wildman–Crippen LogP) is 5.98. The Kier molecular flexibility index (Phi) is 8.72. The quantitative estimate of drug-likeness (QED) is 0.365. The van der Waals surface area contributed by atoms with Gasteiger partial charge in [0, 0.05) is 35.6 Å². The molecule has 7 nitrogen and oxygen atoms in total. The van der Waals surface area contributed by atoms with Gasteiger partial charge in [0.1, 0.15) is 0 Å². The zero-order valence-corrected chi connectivity index (χ0v) is 25.0. The molecule has 5 atom stereocenters. The molecule has 0 radical (unpaired) electrons. The number of likely N-dealkylation sites (tertiary alicyclic amines) is 1. The average molecular weight is 596 g/mol. The SMILES string of the molecule is CC[C@@H](CN(C)S(=O)(=O)C1CC1)N1C(=O)[C@@](C)(C(C)C(=O)O)C[C@H](c2cccc(Cl)c2)C1c1ccc(Cl)cc1. The van der Waals surface area contributed by atoms with Gasteiger partial charge < -0.3 is 10.0 Å². The molecule has 2 aromatic rings. The Labute approximate surface area is 241 Å². The molecule has 39 heavy (non-hydrogen) atoms. The van der Waals surface area contributed by atoms with Crippen LogP contribution in [-0.2, 0) is 19.6 Å². The van der Waals surface area contributed by atoms with Crippen LogP contribution < -0.4 is 0 Å². The van der Waals surface area contributed by atoms with Crippen LogP contribution >= 0.6 is 23.2 Å². The van der Waals surface area contributed by atoms with E-state index >= 15 is 0 Å². The van der Waals surface area contributed by atoms with Crippen molar-refractivity contribution in [1.82, 2.24) is 9.21 Å². The molecule has 2 aromatic carbocycles. The lowest BCUT2D eigenvalue weighted by Gasteiger charge is -2.53. The Morgan fingerprint density at radius 3 is 2.31 bits per heavy atom. The second-order valence-electron chi connectivity index (χ2n) is 11.1. The maximum Gasteiger partial charge on any atom is 0.307 e. The summed E-state index contributed by atoms with van der Waals surface area (Å²) in [7, 11) is -1.91. The van der Waals surface area contributed by atoms with E-state index in [2.05, 4.69) is 0 Å². The first-order valence-electron chi connectivity index (χ1n) is 13.3. The van der Waals surface area contributed by atoms with Crippen LogP contribution in [0.3, 0.4) is 0 Å². The summed E-state index contributed by atoms with van der Waals surface area (Å²) in [6.45, 7) is 5.33. The topological polar surface area (TPSA) is 95.0 Å². The minimum atomic E-state index is -3.48. The lowest BCUT2D eigenvalue weighted by atomic mass is 9.63. The number of carbonyl (C=O) groups is 2. The van der Waals surface area contributed by atoms with E-state index in [-0.39, 0.29) is 30.0 Å². The summed E-state index contributed by atoms with van der Waals surface area (Å²) in [6, 6.07) is 13.8. The van der Waals surface area contributed by atoms with E-state index in [9.17, 15) is 23.1 Å². The highest BCUT2D eigenvalue weighted by molar-refractivity contribution is 7.90. The second kappa shape index (κ2) is 11.4. The van der Waals surface area contributed by atoms with Crippen LogP contribution in [-0.4, -0.2) is 59.5 Å². The van der Waals surface area contributed by atoms with Crippen LogP contribution in [0, 0.1) is 11.3 Å². The smallest absolute Gasteiger partial charge is 0.307 e. The lowest BCUT2D eigenvalue weighted by Crippen LogP contribution is -2.60. The summed E-state index contributed by atoms with van der Waals surface area (Å²) in [4.78, 5) is 28.5. The van der Waals surface area contributed by atoms with Gasteiger partial charge in [-0.2, -0.15) is 0 Å². The van der Waals surface area contributed by atoms with Crippen LogP contribution in [0.25, 0.3) is 0 Å². The summed E-state index contributed by atoms with van der Waals surface area (Å²) >= 11 is 12.6. The van der Waals surface area contributed by atoms with E-state index in [1.54, 1.807) is 44.0 Å². The molecule has 1 amide bonds. The van der Waals surface area contributed by atoms with Crippen molar-refractivity contribution >= 4 is 45.1 Å². The third-order valence-corrected chi connectivity index (χ3v) is 11.4. The number of sulfonamides is 1. The zero-order valence-electron chi connectivity index (χ0n) is 22.7. The molecule has 2 fully saturated rings. The van der Waals surface area contributed by atoms with Crippen LogP contribution in [0.4, 0.5) is 0 Å². The van der Waals surface area contributed by atoms with Crippen molar-refractivity contribution in [2.24, 2.45) is 11.3 Å². The number of carboxylic acid groups (broad SMARTS) is 1. The molecule has 212 valence electrons. The number of halogens is 2. The number of aliphatic carboxylic acids is 1. The Bertz CT molecular complexity index is 1330. The molecule has 0 bridgehead atoms. The number of piperidine rings is 1. The number of hydrogen-bond acceptors (Lipinski definition) is 4. The molecule has 1 saturated heterocycles. The van der Waals surface area contributed by atoms with Crippen LogP contribution in [0.5, 0.6) is 0 Å². The summed E-state index contributed by atoms with van der Waals surface area (Å²) < 4.78 is 27.5. The maximum absolute atomic E-state index is 14.5. The first-order chi connectivity index (χ1) is 18.3. The summed E-state index contributed by atoms with van der Waals surface area (Å²) in [5.74, 6) is -2.61. The van der Waals surface area contributed by atoms with Crippen LogP contribution in [0.1, 0.15) is 69.5 Å². The molecule has 10 heteroatoms. The molecule has 0 spiro atoms. The van der Waals surface area contributed by atoms with Gasteiger partial charge in [-0.15, -0.1) is 0 Å². The third kappa shape index (κ3) is 5.85. The maximum atomic E-state index is 14.5. The number of benzene rings is 2. The summed E-state index contributed by atoms with van der Waals surface area (Å²) in [5, 5.41) is 10.8. The number of rotatable bonds is 10. The fourth-order valence-corrected chi connectivity index (χ4v) is 7.77. The normalized spacial score (nSPS) is 25.5. The fourth-order valence-electron chi connectivity index (χ4n) is 5.82. The number of nitrogens with zero attached hydrogens (tertiary/aromatic N) is 2.